The lowest BCUT2D eigenvalue weighted by Gasteiger charge is -2.24. The number of halogens is 2. The molecule has 0 saturated heterocycles. The van der Waals surface area contributed by atoms with Crippen molar-refractivity contribution in [1.29, 1.82) is 0 Å². The number of amides is 1. The molecule has 1 unspecified atom stereocenters. The van der Waals surface area contributed by atoms with Crippen LogP contribution in [0.2, 0.25) is 5.02 Å². The Bertz CT molecular complexity index is 481. The molecule has 0 aliphatic heterocycles. The van der Waals surface area contributed by atoms with Gasteiger partial charge >= 0.3 is 6.09 Å². The van der Waals surface area contributed by atoms with E-state index in [-0.39, 0.29) is 19.0 Å². The van der Waals surface area contributed by atoms with E-state index in [0.29, 0.717) is 17.3 Å². The second-order valence-electron chi connectivity index (χ2n) is 5.90. The zero-order valence-corrected chi connectivity index (χ0v) is 16.6. The lowest BCUT2D eigenvalue weighted by atomic mass is 10.2. The van der Waals surface area contributed by atoms with E-state index >= 15 is 0 Å². The standard InChI is InChI=1S/C18H29ClN2O3.ClH/c1-3-5-10-21(11-6-4-2)13-17(22)14-24-18(23)20-16-9-7-8-15(19)12-16;/h7-9,12,17,22H,3-6,10-11,13-14H2,1-2H3,(H,20,23);1H. The highest BCUT2D eigenvalue weighted by Gasteiger charge is 2.13. The van der Waals surface area contributed by atoms with Crippen molar-refractivity contribution >= 4 is 35.8 Å². The van der Waals surface area contributed by atoms with Gasteiger partial charge < -0.3 is 14.7 Å². The summed E-state index contributed by atoms with van der Waals surface area (Å²) in [6.45, 7) is 6.71. The molecule has 0 aromatic heterocycles. The molecule has 25 heavy (non-hydrogen) atoms. The Labute approximate surface area is 162 Å². The molecule has 1 atom stereocenters. The number of anilines is 1. The van der Waals surface area contributed by atoms with Crippen molar-refractivity contribution in [2.75, 3.05) is 31.6 Å². The van der Waals surface area contributed by atoms with Crippen LogP contribution in [0.3, 0.4) is 0 Å². The van der Waals surface area contributed by atoms with Crippen molar-refractivity contribution in [2.24, 2.45) is 0 Å². The molecule has 0 aliphatic carbocycles. The number of unbranched alkanes of at least 4 members (excludes halogenated alkanes) is 2. The molecular weight excluding hydrogens is 363 g/mol. The maximum atomic E-state index is 11.8. The highest BCUT2D eigenvalue weighted by molar-refractivity contribution is 6.30. The molecule has 0 aliphatic rings. The van der Waals surface area contributed by atoms with Gasteiger partial charge in [-0.25, -0.2) is 4.79 Å². The lowest BCUT2D eigenvalue weighted by Crippen LogP contribution is -2.37. The fraction of sp³-hybridized carbons (Fsp3) is 0.611. The average molecular weight is 393 g/mol. The van der Waals surface area contributed by atoms with Gasteiger partial charge in [0, 0.05) is 17.3 Å². The topological polar surface area (TPSA) is 61.8 Å². The SMILES string of the molecule is CCCCN(CCCC)CC(O)COC(=O)Nc1cccc(Cl)c1.Cl. The van der Waals surface area contributed by atoms with E-state index in [4.69, 9.17) is 16.3 Å². The maximum Gasteiger partial charge on any atom is 0.411 e. The first-order valence-corrected chi connectivity index (χ1v) is 9.02. The van der Waals surface area contributed by atoms with Crippen molar-refractivity contribution < 1.29 is 14.6 Å². The van der Waals surface area contributed by atoms with Crippen LogP contribution in [-0.2, 0) is 4.74 Å². The van der Waals surface area contributed by atoms with Crippen LogP contribution in [-0.4, -0.2) is 48.4 Å². The first kappa shape index (κ1) is 24.0. The van der Waals surface area contributed by atoms with E-state index in [2.05, 4.69) is 24.1 Å². The minimum Gasteiger partial charge on any atom is -0.447 e. The third-order valence-corrected chi connectivity index (χ3v) is 3.84. The van der Waals surface area contributed by atoms with E-state index in [1.54, 1.807) is 24.3 Å². The molecule has 7 heteroatoms. The van der Waals surface area contributed by atoms with Gasteiger partial charge in [-0.05, 0) is 44.1 Å². The number of nitrogens with one attached hydrogen (secondary N) is 1. The summed E-state index contributed by atoms with van der Waals surface area (Å²) in [5, 5.41) is 13.2. The first-order chi connectivity index (χ1) is 11.5. The molecule has 0 radical (unpaired) electrons. The molecule has 1 aromatic carbocycles. The maximum absolute atomic E-state index is 11.8. The predicted molar refractivity (Wildman–Crippen MR) is 106 cm³/mol. The number of ether oxygens (including phenoxy) is 1. The van der Waals surface area contributed by atoms with Crippen molar-refractivity contribution in [1.82, 2.24) is 4.90 Å². The first-order valence-electron chi connectivity index (χ1n) is 8.64. The molecule has 1 aromatic rings. The molecule has 144 valence electrons. The molecule has 0 bridgehead atoms. The van der Waals surface area contributed by atoms with Crippen molar-refractivity contribution in [3.8, 4) is 0 Å². The summed E-state index contributed by atoms with van der Waals surface area (Å²) >= 11 is 5.86. The number of aliphatic hydroxyl groups excluding tert-OH is 1. The highest BCUT2D eigenvalue weighted by atomic mass is 35.5. The Morgan fingerprint density at radius 1 is 1.28 bits per heavy atom. The average Bonchev–Trinajstić information content (AvgIpc) is 2.55. The molecule has 2 N–H and O–H groups in total. The molecule has 1 amide bonds. The van der Waals surface area contributed by atoms with Crippen molar-refractivity contribution in [3.63, 3.8) is 0 Å². The van der Waals surface area contributed by atoms with Crippen LogP contribution in [0.15, 0.2) is 24.3 Å². The second-order valence-corrected chi connectivity index (χ2v) is 6.33. The predicted octanol–water partition coefficient (Wildman–Crippen LogP) is 4.57. The van der Waals surface area contributed by atoms with Gasteiger partial charge in [0.25, 0.3) is 0 Å². The van der Waals surface area contributed by atoms with Crippen LogP contribution in [0.5, 0.6) is 0 Å². The largest absolute Gasteiger partial charge is 0.447 e. The summed E-state index contributed by atoms with van der Waals surface area (Å²) in [7, 11) is 0. The Morgan fingerprint density at radius 2 is 1.92 bits per heavy atom. The summed E-state index contributed by atoms with van der Waals surface area (Å²) in [6, 6.07) is 6.83. The smallest absolute Gasteiger partial charge is 0.411 e. The quantitative estimate of drug-likeness (QED) is 0.578. The normalized spacial score (nSPS) is 11.7. The number of hydrogen-bond donors (Lipinski definition) is 2. The highest BCUT2D eigenvalue weighted by Crippen LogP contribution is 2.15. The van der Waals surface area contributed by atoms with Crippen molar-refractivity contribution in [3.05, 3.63) is 29.3 Å². The fourth-order valence-electron chi connectivity index (χ4n) is 2.30. The molecule has 5 nitrogen and oxygen atoms in total. The van der Waals surface area contributed by atoms with Gasteiger partial charge in [-0.15, -0.1) is 12.4 Å². The molecular formula is C18H30Cl2N2O3. The monoisotopic (exact) mass is 392 g/mol. The van der Waals surface area contributed by atoms with Gasteiger partial charge in [-0.2, -0.15) is 0 Å². The molecule has 0 saturated carbocycles. The van der Waals surface area contributed by atoms with Gasteiger partial charge in [0.1, 0.15) is 12.7 Å². The number of rotatable bonds is 11. The Balaban J connectivity index is 0.00000576. The molecule has 1 rings (SSSR count). The van der Waals surface area contributed by atoms with Crippen molar-refractivity contribution in [2.45, 2.75) is 45.6 Å². The van der Waals surface area contributed by atoms with Gasteiger partial charge in [0.05, 0.1) is 0 Å². The minimum absolute atomic E-state index is 0. The van der Waals surface area contributed by atoms with E-state index < -0.39 is 12.2 Å². The van der Waals surface area contributed by atoms with Crippen LogP contribution in [0.1, 0.15) is 39.5 Å². The summed E-state index contributed by atoms with van der Waals surface area (Å²) in [5.41, 5.74) is 0.564. The lowest BCUT2D eigenvalue weighted by molar-refractivity contribution is 0.0475. The Morgan fingerprint density at radius 3 is 2.48 bits per heavy atom. The van der Waals surface area contributed by atoms with Crippen LogP contribution >= 0.6 is 24.0 Å². The Kier molecular flexibility index (Phi) is 13.6. The number of benzene rings is 1. The summed E-state index contributed by atoms with van der Waals surface area (Å²) < 4.78 is 5.09. The summed E-state index contributed by atoms with van der Waals surface area (Å²) in [5.74, 6) is 0. The Hall–Kier alpha value is -1.01. The number of aliphatic hydroxyl groups is 1. The number of hydrogen-bond acceptors (Lipinski definition) is 4. The third-order valence-electron chi connectivity index (χ3n) is 3.60. The van der Waals surface area contributed by atoms with E-state index in [0.717, 1.165) is 38.8 Å². The fourth-order valence-corrected chi connectivity index (χ4v) is 2.49. The number of carbonyl (C=O) groups excluding carboxylic acids is 1. The van der Waals surface area contributed by atoms with Gasteiger partial charge in [0.2, 0.25) is 0 Å². The number of nitrogens with zero attached hydrogens (tertiary/aromatic N) is 1. The minimum atomic E-state index is -0.691. The van der Waals surface area contributed by atoms with Gasteiger partial charge in [0.15, 0.2) is 0 Å². The van der Waals surface area contributed by atoms with Gasteiger partial charge in [-0.1, -0.05) is 44.4 Å². The van der Waals surface area contributed by atoms with Crippen LogP contribution < -0.4 is 5.32 Å². The van der Waals surface area contributed by atoms with Crippen LogP contribution in [0.4, 0.5) is 10.5 Å². The van der Waals surface area contributed by atoms with E-state index in [1.807, 2.05) is 0 Å². The third kappa shape index (κ3) is 11.3. The summed E-state index contributed by atoms with van der Waals surface area (Å²) in [6.07, 6.45) is 3.17. The molecule has 0 fully saturated rings. The van der Waals surface area contributed by atoms with E-state index in [1.165, 1.54) is 0 Å². The number of carbonyl (C=O) groups is 1. The van der Waals surface area contributed by atoms with E-state index in [9.17, 15) is 9.90 Å². The van der Waals surface area contributed by atoms with Gasteiger partial charge in [-0.3, -0.25) is 5.32 Å². The van der Waals surface area contributed by atoms with Crippen LogP contribution in [0.25, 0.3) is 0 Å². The molecule has 0 spiro atoms. The zero-order chi connectivity index (χ0) is 17.8. The van der Waals surface area contributed by atoms with Crippen LogP contribution in [0, 0.1) is 0 Å². The zero-order valence-electron chi connectivity index (χ0n) is 15.0. The summed E-state index contributed by atoms with van der Waals surface area (Å²) in [4.78, 5) is 14.0. The second kappa shape index (κ2) is 14.2. The molecule has 0 heterocycles.